The summed E-state index contributed by atoms with van der Waals surface area (Å²) < 4.78 is 7.28. The monoisotopic (exact) mass is 304 g/mol. The highest BCUT2D eigenvalue weighted by Crippen LogP contribution is 2.23. The van der Waals surface area contributed by atoms with Gasteiger partial charge in [-0.2, -0.15) is 0 Å². The molecule has 1 unspecified atom stereocenters. The van der Waals surface area contributed by atoms with E-state index < -0.39 is 0 Å². The molecular weight excluding hydrogens is 288 g/mol. The lowest BCUT2D eigenvalue weighted by Crippen LogP contribution is -2.10. The molecule has 0 bridgehead atoms. The van der Waals surface area contributed by atoms with Crippen LogP contribution in [-0.4, -0.2) is 25.2 Å². The molecule has 1 atom stereocenters. The summed E-state index contributed by atoms with van der Waals surface area (Å²) in [6.45, 7) is 2.49. The minimum Gasteiger partial charge on any atom is -0.418 e. The number of nitrogens with zero attached hydrogens (tertiary/aromatic N) is 5. The average molecular weight is 304 g/mol. The van der Waals surface area contributed by atoms with Crippen LogP contribution in [0.4, 0.5) is 0 Å². The summed E-state index contributed by atoms with van der Waals surface area (Å²) in [6.07, 6.45) is 3.74. The van der Waals surface area contributed by atoms with Gasteiger partial charge < -0.3 is 10.2 Å². The highest BCUT2D eigenvalue weighted by molar-refractivity contribution is 7.13. The number of hydrogen-bond acceptors (Lipinski definition) is 7. The van der Waals surface area contributed by atoms with Crippen LogP contribution < -0.4 is 5.73 Å². The van der Waals surface area contributed by atoms with E-state index in [1.807, 2.05) is 23.7 Å². The molecule has 3 rings (SSSR count). The molecule has 0 radical (unpaired) electrons. The lowest BCUT2D eigenvalue weighted by Gasteiger charge is -2.04. The number of thiophene rings is 1. The molecule has 0 fully saturated rings. The molecule has 3 heterocycles. The van der Waals surface area contributed by atoms with Gasteiger partial charge in [0.15, 0.2) is 0 Å². The van der Waals surface area contributed by atoms with Gasteiger partial charge in [-0.05, 0) is 17.9 Å². The quantitative estimate of drug-likeness (QED) is 0.750. The lowest BCUT2D eigenvalue weighted by atomic mass is 10.1. The highest BCUT2D eigenvalue weighted by atomic mass is 32.1. The fourth-order valence-corrected chi connectivity index (χ4v) is 2.62. The predicted molar refractivity (Wildman–Crippen MR) is 78.6 cm³/mol. The summed E-state index contributed by atoms with van der Waals surface area (Å²) in [5.41, 5.74) is 6.80. The van der Waals surface area contributed by atoms with Gasteiger partial charge in [0.2, 0.25) is 5.89 Å². The van der Waals surface area contributed by atoms with Crippen LogP contribution in [0.5, 0.6) is 0 Å². The lowest BCUT2D eigenvalue weighted by molar-refractivity contribution is 0.470. The Bertz CT molecular complexity index is 689. The smallest absolute Gasteiger partial charge is 0.257 e. The van der Waals surface area contributed by atoms with E-state index in [0.29, 0.717) is 18.3 Å². The van der Waals surface area contributed by atoms with Gasteiger partial charge in [0.25, 0.3) is 5.89 Å². The Kier molecular flexibility index (Phi) is 4.07. The molecule has 0 spiro atoms. The maximum absolute atomic E-state index is 6.01. The Morgan fingerprint density at radius 3 is 3.05 bits per heavy atom. The Morgan fingerprint density at radius 2 is 2.29 bits per heavy atom. The zero-order valence-corrected chi connectivity index (χ0v) is 12.5. The summed E-state index contributed by atoms with van der Waals surface area (Å²) in [7, 11) is 0. The second kappa shape index (κ2) is 6.15. The van der Waals surface area contributed by atoms with E-state index in [-0.39, 0.29) is 6.04 Å². The van der Waals surface area contributed by atoms with Crippen LogP contribution in [0.3, 0.4) is 0 Å². The van der Waals surface area contributed by atoms with Crippen LogP contribution >= 0.6 is 11.3 Å². The zero-order valence-electron chi connectivity index (χ0n) is 11.6. The minimum atomic E-state index is -0.0758. The van der Waals surface area contributed by atoms with Crippen molar-refractivity contribution < 1.29 is 4.42 Å². The fraction of sp³-hybridized carbons (Fsp3) is 0.385. The first-order valence-corrected chi connectivity index (χ1v) is 7.66. The van der Waals surface area contributed by atoms with Crippen molar-refractivity contribution in [1.29, 1.82) is 0 Å². The van der Waals surface area contributed by atoms with Crippen LogP contribution in [0.2, 0.25) is 0 Å². The van der Waals surface area contributed by atoms with Gasteiger partial charge in [-0.25, -0.2) is 4.68 Å². The van der Waals surface area contributed by atoms with E-state index in [1.54, 1.807) is 16.0 Å². The molecule has 0 aliphatic rings. The summed E-state index contributed by atoms with van der Waals surface area (Å²) in [6, 6.07) is 3.82. The molecule has 0 saturated carbocycles. The Balaban J connectivity index is 1.70. The minimum absolute atomic E-state index is 0.0758. The van der Waals surface area contributed by atoms with Crippen molar-refractivity contribution in [3.63, 3.8) is 0 Å². The van der Waals surface area contributed by atoms with Crippen LogP contribution in [0, 0.1) is 0 Å². The fourth-order valence-electron chi connectivity index (χ4n) is 1.98. The van der Waals surface area contributed by atoms with Gasteiger partial charge in [0, 0.05) is 0 Å². The molecule has 0 amide bonds. The average Bonchev–Trinajstić information content (AvgIpc) is 3.20. The van der Waals surface area contributed by atoms with Gasteiger partial charge in [-0.15, -0.1) is 26.6 Å². The molecule has 2 N–H and O–H groups in total. The number of rotatable bonds is 6. The van der Waals surface area contributed by atoms with Gasteiger partial charge in [0.05, 0.1) is 22.8 Å². The number of aromatic nitrogens is 5. The van der Waals surface area contributed by atoms with Gasteiger partial charge >= 0.3 is 0 Å². The number of nitrogens with two attached hydrogens (primary N) is 1. The molecule has 110 valence electrons. The largest absolute Gasteiger partial charge is 0.418 e. The van der Waals surface area contributed by atoms with Crippen molar-refractivity contribution in [1.82, 2.24) is 25.2 Å². The van der Waals surface area contributed by atoms with Crippen LogP contribution in [0.15, 0.2) is 28.1 Å². The van der Waals surface area contributed by atoms with Crippen molar-refractivity contribution in [3.8, 4) is 10.8 Å². The van der Waals surface area contributed by atoms with E-state index in [2.05, 4.69) is 27.4 Å². The molecule has 3 aromatic heterocycles. The van der Waals surface area contributed by atoms with Gasteiger partial charge in [-0.1, -0.05) is 24.6 Å². The molecule has 0 saturated heterocycles. The van der Waals surface area contributed by atoms with E-state index in [1.165, 1.54) is 0 Å². The molecule has 7 nitrogen and oxygen atoms in total. The normalized spacial score (nSPS) is 12.7. The Hall–Kier alpha value is -2.06. The summed E-state index contributed by atoms with van der Waals surface area (Å²) in [4.78, 5) is 0.956. The standard InChI is InChI=1S/C13H16N6OS/c1-2-4-9(14)10-7-19(18-15-10)8-12-16-17-13(20-12)11-5-3-6-21-11/h3,5-7,9H,2,4,8,14H2,1H3. The summed E-state index contributed by atoms with van der Waals surface area (Å²) in [5, 5.41) is 18.2. The second-order valence-electron chi connectivity index (χ2n) is 4.71. The van der Waals surface area contributed by atoms with Crippen molar-refractivity contribution >= 4 is 11.3 Å². The maximum atomic E-state index is 6.01. The van der Waals surface area contributed by atoms with Crippen LogP contribution in [0.1, 0.15) is 37.4 Å². The van der Waals surface area contributed by atoms with E-state index >= 15 is 0 Å². The third-order valence-electron chi connectivity index (χ3n) is 3.03. The molecule has 21 heavy (non-hydrogen) atoms. The predicted octanol–water partition coefficient (Wildman–Crippen LogP) is 2.24. The summed E-state index contributed by atoms with van der Waals surface area (Å²) >= 11 is 1.56. The topological polar surface area (TPSA) is 95.7 Å². The molecule has 0 aromatic carbocycles. The summed E-state index contributed by atoms with van der Waals surface area (Å²) in [5.74, 6) is 1.03. The third-order valence-corrected chi connectivity index (χ3v) is 3.89. The van der Waals surface area contributed by atoms with Crippen molar-refractivity contribution in [2.75, 3.05) is 0 Å². The Labute approximate surface area is 125 Å². The molecular formula is C13H16N6OS. The van der Waals surface area contributed by atoms with E-state index in [0.717, 1.165) is 23.4 Å². The van der Waals surface area contributed by atoms with Crippen molar-refractivity contribution in [3.05, 3.63) is 35.3 Å². The third kappa shape index (κ3) is 3.17. The molecule has 3 aromatic rings. The number of hydrogen-bond donors (Lipinski definition) is 1. The second-order valence-corrected chi connectivity index (χ2v) is 5.66. The van der Waals surface area contributed by atoms with Crippen LogP contribution in [-0.2, 0) is 6.54 Å². The van der Waals surface area contributed by atoms with E-state index in [4.69, 9.17) is 10.2 Å². The molecule has 0 aliphatic carbocycles. The maximum Gasteiger partial charge on any atom is 0.257 e. The first-order chi connectivity index (χ1) is 10.3. The van der Waals surface area contributed by atoms with E-state index in [9.17, 15) is 0 Å². The van der Waals surface area contributed by atoms with Crippen LogP contribution in [0.25, 0.3) is 10.8 Å². The van der Waals surface area contributed by atoms with Gasteiger partial charge in [-0.3, -0.25) is 0 Å². The first kappa shape index (κ1) is 13.9. The van der Waals surface area contributed by atoms with Crippen molar-refractivity contribution in [2.45, 2.75) is 32.4 Å². The first-order valence-electron chi connectivity index (χ1n) is 6.78. The molecule has 0 aliphatic heterocycles. The van der Waals surface area contributed by atoms with Crippen molar-refractivity contribution in [2.24, 2.45) is 5.73 Å². The Morgan fingerprint density at radius 1 is 1.38 bits per heavy atom. The highest BCUT2D eigenvalue weighted by Gasteiger charge is 2.13. The van der Waals surface area contributed by atoms with Gasteiger partial charge in [0.1, 0.15) is 6.54 Å². The molecule has 8 heteroatoms. The SMILES string of the molecule is CCCC(N)c1cn(Cc2nnc(-c3cccs3)o2)nn1. The zero-order chi connectivity index (χ0) is 14.7.